The number of rotatable bonds is 7. The van der Waals surface area contributed by atoms with Crippen LogP contribution in [0.25, 0.3) is 0 Å². The largest absolute Gasteiger partial charge is 0.459 e. The lowest BCUT2D eigenvalue weighted by molar-refractivity contribution is -0.155. The third-order valence-electron chi connectivity index (χ3n) is 3.52. The zero-order valence-corrected chi connectivity index (χ0v) is 16.1. The highest BCUT2D eigenvalue weighted by atomic mass is 32.2. The number of amides is 2. The van der Waals surface area contributed by atoms with Gasteiger partial charge in [0.2, 0.25) is 10.0 Å². The summed E-state index contributed by atoms with van der Waals surface area (Å²) in [5, 5.41) is 8.74. The molecule has 0 bridgehead atoms. The van der Waals surface area contributed by atoms with Gasteiger partial charge in [-0.25, -0.2) is 8.42 Å². The van der Waals surface area contributed by atoms with Gasteiger partial charge in [-0.3, -0.25) is 24.0 Å². The van der Waals surface area contributed by atoms with E-state index in [4.69, 9.17) is 9.84 Å². The fourth-order valence-corrected chi connectivity index (χ4v) is 3.58. The highest BCUT2D eigenvalue weighted by Crippen LogP contribution is 2.26. The zero-order valence-electron chi connectivity index (χ0n) is 15.3. The lowest BCUT2D eigenvalue weighted by Crippen LogP contribution is -2.38. The van der Waals surface area contributed by atoms with Crippen molar-refractivity contribution in [2.45, 2.75) is 32.8 Å². The number of imide groups is 1. The second-order valence-corrected chi connectivity index (χ2v) is 8.88. The van der Waals surface area contributed by atoms with E-state index in [-0.39, 0.29) is 35.6 Å². The van der Waals surface area contributed by atoms with E-state index >= 15 is 0 Å². The molecule has 0 saturated heterocycles. The molecule has 10 heteroatoms. The summed E-state index contributed by atoms with van der Waals surface area (Å²) < 4.78 is 31.2. The number of hydrogen-bond donors (Lipinski definition) is 2. The smallest absolute Gasteiger partial charge is 0.326 e. The van der Waals surface area contributed by atoms with Gasteiger partial charge < -0.3 is 9.84 Å². The first kappa shape index (κ1) is 20.8. The first-order valence-electron chi connectivity index (χ1n) is 8.27. The summed E-state index contributed by atoms with van der Waals surface area (Å²) in [5.74, 6) is -2.34. The van der Waals surface area contributed by atoms with Crippen molar-refractivity contribution in [3.8, 4) is 0 Å². The molecule has 1 aromatic carbocycles. The molecule has 1 aromatic rings. The third-order valence-corrected chi connectivity index (χ3v) is 4.90. The number of benzene rings is 1. The number of carbonyl (C=O) groups is 3. The van der Waals surface area contributed by atoms with Crippen molar-refractivity contribution in [1.82, 2.24) is 4.90 Å². The van der Waals surface area contributed by atoms with Crippen molar-refractivity contribution in [2.75, 3.05) is 23.6 Å². The summed E-state index contributed by atoms with van der Waals surface area (Å²) in [7, 11) is -3.69. The second-order valence-electron chi connectivity index (χ2n) is 7.04. The summed E-state index contributed by atoms with van der Waals surface area (Å²) in [5.41, 5.74) is -0.546. The lowest BCUT2D eigenvalue weighted by Gasteiger charge is -2.21. The molecular weight excluding hydrogens is 376 g/mol. The number of nitrogens with zero attached hydrogens (tertiary/aromatic N) is 1. The number of aliphatic hydroxyl groups is 1. The van der Waals surface area contributed by atoms with Crippen molar-refractivity contribution in [2.24, 2.45) is 0 Å². The average Bonchev–Trinajstić information content (AvgIpc) is 2.76. The van der Waals surface area contributed by atoms with Crippen molar-refractivity contribution in [1.29, 1.82) is 0 Å². The predicted molar refractivity (Wildman–Crippen MR) is 96.8 cm³/mol. The van der Waals surface area contributed by atoms with Crippen molar-refractivity contribution in [3.05, 3.63) is 29.3 Å². The normalized spacial score (nSPS) is 14.3. The topological polar surface area (TPSA) is 130 Å². The molecule has 1 heterocycles. The molecule has 0 unspecified atom stereocenters. The molecule has 27 heavy (non-hydrogen) atoms. The average molecular weight is 398 g/mol. The SMILES string of the molecule is CC(C)(C)OC(=O)CN1C(=O)c2ccc(NS(=O)(=O)CCCO)cc2C1=O. The molecule has 2 N–H and O–H groups in total. The Hall–Kier alpha value is -2.46. The van der Waals surface area contributed by atoms with Gasteiger partial charge in [0, 0.05) is 12.3 Å². The minimum Gasteiger partial charge on any atom is -0.459 e. The van der Waals surface area contributed by atoms with Crippen LogP contribution >= 0.6 is 0 Å². The molecule has 2 amide bonds. The quantitative estimate of drug-likeness (QED) is 0.512. The van der Waals surface area contributed by atoms with Crippen LogP contribution in [0.2, 0.25) is 0 Å². The summed E-state index contributed by atoms with van der Waals surface area (Å²) in [4.78, 5) is 37.6. The number of ether oxygens (including phenoxy) is 1. The Kier molecular flexibility index (Phi) is 5.91. The molecule has 148 valence electrons. The van der Waals surface area contributed by atoms with E-state index in [9.17, 15) is 22.8 Å². The summed E-state index contributed by atoms with van der Waals surface area (Å²) in [6.07, 6.45) is 0.0708. The fourth-order valence-electron chi connectivity index (χ4n) is 2.49. The van der Waals surface area contributed by atoms with E-state index in [1.54, 1.807) is 20.8 Å². The van der Waals surface area contributed by atoms with E-state index < -0.39 is 40.0 Å². The van der Waals surface area contributed by atoms with E-state index in [2.05, 4.69) is 4.72 Å². The monoisotopic (exact) mass is 398 g/mol. The predicted octanol–water partition coefficient (Wildman–Crippen LogP) is 0.748. The molecule has 0 aliphatic carbocycles. The van der Waals surface area contributed by atoms with E-state index in [1.165, 1.54) is 18.2 Å². The van der Waals surface area contributed by atoms with Crippen molar-refractivity contribution >= 4 is 33.5 Å². The number of esters is 1. The Morgan fingerprint density at radius 2 is 1.81 bits per heavy atom. The molecule has 1 aliphatic rings. The van der Waals surface area contributed by atoms with Crippen LogP contribution < -0.4 is 4.72 Å². The number of sulfonamides is 1. The van der Waals surface area contributed by atoms with E-state index in [0.29, 0.717) is 0 Å². The minimum atomic E-state index is -3.69. The van der Waals surface area contributed by atoms with Crippen LogP contribution in [-0.4, -0.2) is 60.7 Å². The van der Waals surface area contributed by atoms with Crippen LogP contribution in [0.5, 0.6) is 0 Å². The Bertz CT molecular complexity index is 872. The van der Waals surface area contributed by atoms with Crippen LogP contribution in [0.3, 0.4) is 0 Å². The van der Waals surface area contributed by atoms with Crippen LogP contribution in [0.15, 0.2) is 18.2 Å². The molecule has 9 nitrogen and oxygen atoms in total. The molecule has 0 saturated carbocycles. The third kappa shape index (κ3) is 5.27. The van der Waals surface area contributed by atoms with Crippen LogP contribution in [0.1, 0.15) is 47.9 Å². The number of carbonyl (C=O) groups excluding carboxylic acids is 3. The molecule has 0 fully saturated rings. The van der Waals surface area contributed by atoms with Gasteiger partial charge in [-0.15, -0.1) is 0 Å². The number of anilines is 1. The number of hydrogen-bond acceptors (Lipinski definition) is 7. The molecule has 0 aromatic heterocycles. The summed E-state index contributed by atoms with van der Waals surface area (Å²) in [6, 6.07) is 3.94. The highest BCUT2D eigenvalue weighted by Gasteiger charge is 2.37. The summed E-state index contributed by atoms with van der Waals surface area (Å²) in [6.45, 7) is 4.21. The summed E-state index contributed by atoms with van der Waals surface area (Å²) >= 11 is 0. The first-order chi connectivity index (χ1) is 12.4. The zero-order chi connectivity index (χ0) is 20.4. The Labute approximate surface area is 157 Å². The molecule has 1 aliphatic heterocycles. The fraction of sp³-hybridized carbons (Fsp3) is 0.471. The van der Waals surface area contributed by atoms with Crippen LogP contribution in [-0.2, 0) is 19.6 Å². The standard InChI is InChI=1S/C17H22N2O7S/c1-17(2,3)26-14(21)10-19-15(22)12-6-5-11(9-13(12)16(19)23)18-27(24,25)8-4-7-20/h5-6,9,18,20H,4,7-8,10H2,1-3H3. The van der Waals surface area contributed by atoms with Gasteiger partial charge in [0.05, 0.1) is 16.9 Å². The number of aliphatic hydroxyl groups excluding tert-OH is 1. The van der Waals surface area contributed by atoms with Crippen molar-refractivity contribution < 1.29 is 32.6 Å². The first-order valence-corrected chi connectivity index (χ1v) is 9.92. The number of nitrogens with one attached hydrogen (secondary N) is 1. The van der Waals surface area contributed by atoms with Gasteiger partial charge in [0.15, 0.2) is 0 Å². The molecule has 2 rings (SSSR count). The Balaban J connectivity index is 2.18. The minimum absolute atomic E-state index is 0.00548. The lowest BCUT2D eigenvalue weighted by atomic mass is 10.1. The highest BCUT2D eigenvalue weighted by molar-refractivity contribution is 7.92. The van der Waals surface area contributed by atoms with Crippen LogP contribution in [0.4, 0.5) is 5.69 Å². The maximum Gasteiger partial charge on any atom is 0.326 e. The van der Waals surface area contributed by atoms with E-state index in [0.717, 1.165) is 4.90 Å². The second kappa shape index (κ2) is 7.65. The maximum atomic E-state index is 12.5. The molecular formula is C17H22N2O7S. The van der Waals surface area contributed by atoms with Crippen LogP contribution in [0, 0.1) is 0 Å². The maximum absolute atomic E-state index is 12.5. The number of fused-ring (bicyclic) bond motifs is 1. The Morgan fingerprint density at radius 3 is 2.41 bits per heavy atom. The van der Waals surface area contributed by atoms with Gasteiger partial charge in [-0.05, 0) is 45.4 Å². The van der Waals surface area contributed by atoms with Gasteiger partial charge in [-0.1, -0.05) is 0 Å². The molecule has 0 spiro atoms. The van der Waals surface area contributed by atoms with Gasteiger partial charge in [0.25, 0.3) is 11.8 Å². The molecule has 0 radical (unpaired) electrons. The molecule has 0 atom stereocenters. The van der Waals surface area contributed by atoms with Crippen molar-refractivity contribution in [3.63, 3.8) is 0 Å². The Morgan fingerprint density at radius 1 is 1.19 bits per heavy atom. The van der Waals surface area contributed by atoms with Gasteiger partial charge >= 0.3 is 5.97 Å². The van der Waals surface area contributed by atoms with E-state index in [1.807, 2.05) is 0 Å². The van der Waals surface area contributed by atoms with Gasteiger partial charge in [-0.2, -0.15) is 0 Å². The van der Waals surface area contributed by atoms with Gasteiger partial charge in [0.1, 0.15) is 12.1 Å².